The van der Waals surface area contributed by atoms with Gasteiger partial charge in [-0.2, -0.15) is 0 Å². The van der Waals surface area contributed by atoms with Crippen molar-refractivity contribution < 1.29 is 4.79 Å². The number of hydrogen-bond acceptors (Lipinski definition) is 2. The second kappa shape index (κ2) is 10.4. The van der Waals surface area contributed by atoms with Crippen molar-refractivity contribution in [3.8, 4) is 0 Å². The summed E-state index contributed by atoms with van der Waals surface area (Å²) in [5.41, 5.74) is 0.751. The van der Waals surface area contributed by atoms with Gasteiger partial charge >= 0.3 is 0 Å². The fourth-order valence-electron chi connectivity index (χ4n) is 2.91. The molecule has 1 aromatic carbocycles. The highest BCUT2D eigenvalue weighted by Gasteiger charge is 2.08. The predicted molar refractivity (Wildman–Crippen MR) is 91.8 cm³/mol. The number of carbonyl (C=O) groups excluding carboxylic acids is 1. The second-order valence-electron chi connectivity index (χ2n) is 6.10. The number of nitrogens with one attached hydrogen (secondary N) is 1. The van der Waals surface area contributed by atoms with Crippen LogP contribution in [0, 0.1) is 6.42 Å². The van der Waals surface area contributed by atoms with Crippen LogP contribution in [-0.4, -0.2) is 37.0 Å². The molecule has 22 heavy (non-hydrogen) atoms. The van der Waals surface area contributed by atoms with E-state index in [4.69, 9.17) is 0 Å². The Labute approximate surface area is 135 Å². The normalized spacial score (nSPS) is 15.6. The van der Waals surface area contributed by atoms with Crippen LogP contribution in [0.1, 0.15) is 55.3 Å². The second-order valence-corrected chi connectivity index (χ2v) is 6.10. The third kappa shape index (κ3) is 6.61. The van der Waals surface area contributed by atoms with E-state index in [1.54, 1.807) is 0 Å². The lowest BCUT2D eigenvalue weighted by molar-refractivity contribution is 0.0953. The summed E-state index contributed by atoms with van der Waals surface area (Å²) in [7, 11) is 0. The number of likely N-dealkylation sites (tertiary alicyclic amines) is 1. The molecule has 3 nitrogen and oxygen atoms in total. The van der Waals surface area contributed by atoms with Crippen molar-refractivity contribution in [3.05, 3.63) is 42.3 Å². The van der Waals surface area contributed by atoms with Crippen LogP contribution in [0.2, 0.25) is 0 Å². The van der Waals surface area contributed by atoms with Crippen LogP contribution in [0.4, 0.5) is 0 Å². The molecule has 2 rings (SSSR count). The van der Waals surface area contributed by atoms with Gasteiger partial charge in [0.15, 0.2) is 0 Å². The Morgan fingerprint density at radius 1 is 0.955 bits per heavy atom. The van der Waals surface area contributed by atoms with Crippen LogP contribution in [0.15, 0.2) is 30.3 Å². The molecule has 121 valence electrons. The van der Waals surface area contributed by atoms with Gasteiger partial charge < -0.3 is 10.2 Å². The Morgan fingerprint density at radius 3 is 2.41 bits per heavy atom. The predicted octanol–water partition coefficient (Wildman–Crippen LogP) is 3.67. The SMILES string of the molecule is O=C(NCCCCCCCN1CC[CH]CC1)c1ccccc1. The first-order valence-electron chi connectivity index (χ1n) is 8.73. The zero-order chi connectivity index (χ0) is 15.5. The Hall–Kier alpha value is -1.35. The van der Waals surface area contributed by atoms with Gasteiger partial charge in [-0.3, -0.25) is 4.79 Å². The van der Waals surface area contributed by atoms with Crippen LogP contribution in [0.3, 0.4) is 0 Å². The molecular formula is C19H29N2O. The summed E-state index contributed by atoms with van der Waals surface area (Å²) in [4.78, 5) is 14.4. The lowest BCUT2D eigenvalue weighted by atomic mass is 10.1. The van der Waals surface area contributed by atoms with E-state index in [0.717, 1.165) is 18.5 Å². The van der Waals surface area contributed by atoms with E-state index < -0.39 is 0 Å². The molecule has 1 heterocycles. The first kappa shape index (κ1) is 17.0. The summed E-state index contributed by atoms with van der Waals surface area (Å²) < 4.78 is 0. The molecule has 0 bridgehead atoms. The maximum absolute atomic E-state index is 11.8. The minimum Gasteiger partial charge on any atom is -0.352 e. The topological polar surface area (TPSA) is 32.3 Å². The fourth-order valence-corrected chi connectivity index (χ4v) is 2.91. The highest BCUT2D eigenvalue weighted by Crippen LogP contribution is 2.10. The van der Waals surface area contributed by atoms with E-state index in [1.165, 1.54) is 58.2 Å². The summed E-state index contributed by atoms with van der Waals surface area (Å²) >= 11 is 0. The van der Waals surface area contributed by atoms with Crippen molar-refractivity contribution in [2.24, 2.45) is 0 Å². The number of carbonyl (C=O) groups is 1. The van der Waals surface area contributed by atoms with Gasteiger partial charge in [-0.05, 0) is 63.9 Å². The molecule has 1 saturated heterocycles. The maximum atomic E-state index is 11.8. The van der Waals surface area contributed by atoms with Crippen molar-refractivity contribution in [3.63, 3.8) is 0 Å². The summed E-state index contributed by atoms with van der Waals surface area (Å²) in [6.45, 7) is 4.56. The van der Waals surface area contributed by atoms with Crippen molar-refractivity contribution in [2.45, 2.75) is 44.9 Å². The van der Waals surface area contributed by atoms with E-state index in [0.29, 0.717) is 0 Å². The lowest BCUT2D eigenvalue weighted by Crippen LogP contribution is -2.30. The van der Waals surface area contributed by atoms with Crippen LogP contribution < -0.4 is 5.32 Å². The van der Waals surface area contributed by atoms with E-state index in [2.05, 4.69) is 16.6 Å². The molecule has 1 amide bonds. The molecule has 1 aromatic rings. The maximum Gasteiger partial charge on any atom is 0.251 e. The fraction of sp³-hybridized carbons (Fsp3) is 0.579. The number of nitrogens with zero attached hydrogens (tertiary/aromatic N) is 1. The quantitative estimate of drug-likeness (QED) is 0.706. The molecule has 0 spiro atoms. The lowest BCUT2D eigenvalue weighted by Gasteiger charge is -2.26. The Bertz CT molecular complexity index is 413. The summed E-state index contributed by atoms with van der Waals surface area (Å²) in [6, 6.07) is 9.44. The van der Waals surface area contributed by atoms with Crippen molar-refractivity contribution in [1.82, 2.24) is 10.2 Å². The van der Waals surface area contributed by atoms with Gasteiger partial charge in [-0.15, -0.1) is 0 Å². The number of rotatable bonds is 9. The van der Waals surface area contributed by atoms with Crippen molar-refractivity contribution in [1.29, 1.82) is 0 Å². The average Bonchev–Trinajstić information content (AvgIpc) is 2.59. The largest absolute Gasteiger partial charge is 0.352 e. The van der Waals surface area contributed by atoms with Gasteiger partial charge in [0.1, 0.15) is 0 Å². The summed E-state index contributed by atoms with van der Waals surface area (Å²) in [5, 5.41) is 2.99. The number of benzene rings is 1. The van der Waals surface area contributed by atoms with Gasteiger partial charge in [0, 0.05) is 12.1 Å². The Balaban J connectivity index is 1.42. The van der Waals surface area contributed by atoms with E-state index >= 15 is 0 Å². The Kier molecular flexibility index (Phi) is 8.03. The van der Waals surface area contributed by atoms with Gasteiger partial charge in [0.25, 0.3) is 5.91 Å². The van der Waals surface area contributed by atoms with Gasteiger partial charge in [-0.25, -0.2) is 0 Å². The van der Waals surface area contributed by atoms with Crippen LogP contribution in [-0.2, 0) is 0 Å². The molecule has 1 aliphatic heterocycles. The first-order chi connectivity index (χ1) is 10.9. The number of piperidine rings is 1. The van der Waals surface area contributed by atoms with Gasteiger partial charge in [0.2, 0.25) is 0 Å². The monoisotopic (exact) mass is 301 g/mol. The van der Waals surface area contributed by atoms with Crippen molar-refractivity contribution in [2.75, 3.05) is 26.2 Å². The molecule has 0 aromatic heterocycles. The van der Waals surface area contributed by atoms with Crippen molar-refractivity contribution >= 4 is 5.91 Å². The zero-order valence-corrected chi connectivity index (χ0v) is 13.6. The standard InChI is InChI=1S/C19H29N2O/c22-19(18-12-6-4-7-13-18)20-14-8-2-1-3-9-15-21-16-10-5-11-17-21/h4-7,12-13H,1-3,8-11,14-17H2,(H,20,22). The third-order valence-electron chi connectivity index (χ3n) is 4.27. The van der Waals surface area contributed by atoms with Crippen LogP contribution in [0.5, 0.6) is 0 Å². The molecular weight excluding hydrogens is 272 g/mol. The minimum atomic E-state index is 0.0440. The van der Waals surface area contributed by atoms with Crippen LogP contribution >= 0.6 is 0 Å². The smallest absolute Gasteiger partial charge is 0.251 e. The van der Waals surface area contributed by atoms with Gasteiger partial charge in [0.05, 0.1) is 0 Å². The Morgan fingerprint density at radius 2 is 1.64 bits per heavy atom. The molecule has 1 N–H and O–H groups in total. The molecule has 1 aliphatic rings. The first-order valence-corrected chi connectivity index (χ1v) is 8.73. The number of hydrogen-bond donors (Lipinski definition) is 1. The molecule has 3 heteroatoms. The molecule has 1 fully saturated rings. The highest BCUT2D eigenvalue weighted by atomic mass is 16.1. The van der Waals surface area contributed by atoms with E-state index in [-0.39, 0.29) is 5.91 Å². The third-order valence-corrected chi connectivity index (χ3v) is 4.27. The molecule has 1 radical (unpaired) electrons. The zero-order valence-electron chi connectivity index (χ0n) is 13.6. The van der Waals surface area contributed by atoms with E-state index in [9.17, 15) is 4.79 Å². The molecule has 0 unspecified atom stereocenters. The van der Waals surface area contributed by atoms with Gasteiger partial charge in [-0.1, -0.05) is 37.5 Å². The number of amides is 1. The summed E-state index contributed by atoms with van der Waals surface area (Å²) in [5.74, 6) is 0.0440. The summed E-state index contributed by atoms with van der Waals surface area (Å²) in [6.07, 6.45) is 11.1. The molecule has 0 aliphatic carbocycles. The molecule has 0 atom stereocenters. The van der Waals surface area contributed by atoms with Crippen LogP contribution in [0.25, 0.3) is 0 Å². The highest BCUT2D eigenvalue weighted by molar-refractivity contribution is 5.94. The molecule has 0 saturated carbocycles. The number of unbranched alkanes of at least 4 members (excludes halogenated alkanes) is 4. The minimum absolute atomic E-state index is 0.0440. The average molecular weight is 301 g/mol. The van der Waals surface area contributed by atoms with E-state index in [1.807, 2.05) is 30.3 Å².